The molecule has 1 aliphatic rings. The molecule has 2 heteroatoms. The van der Waals surface area contributed by atoms with Gasteiger partial charge in [-0.1, -0.05) is 61.4 Å². The molecule has 0 unspecified atom stereocenters. The monoisotopic (exact) mass is 306 g/mol. The third-order valence-electron chi connectivity index (χ3n) is 4.45. The van der Waals surface area contributed by atoms with Crippen molar-refractivity contribution in [2.24, 2.45) is 4.99 Å². The molecular weight excluding hydrogens is 280 g/mol. The smallest absolute Gasteiger partial charge is 0.103 e. The van der Waals surface area contributed by atoms with Crippen LogP contribution < -0.4 is 4.90 Å². The third-order valence-corrected chi connectivity index (χ3v) is 4.45. The molecule has 2 aromatic carbocycles. The average Bonchev–Trinajstić information content (AvgIpc) is 2.58. The second kappa shape index (κ2) is 8.52. The van der Waals surface area contributed by atoms with Gasteiger partial charge in [0.1, 0.15) is 5.84 Å². The lowest BCUT2D eigenvalue weighted by Gasteiger charge is -2.27. The number of aliphatic imine (C=N–C) groups is 1. The van der Waals surface area contributed by atoms with E-state index in [1.165, 1.54) is 42.8 Å². The summed E-state index contributed by atoms with van der Waals surface area (Å²) in [4.78, 5) is 7.34. The van der Waals surface area contributed by atoms with Crippen molar-refractivity contribution < 1.29 is 0 Å². The number of benzene rings is 2. The highest BCUT2D eigenvalue weighted by Gasteiger charge is 2.14. The van der Waals surface area contributed by atoms with Crippen LogP contribution in [-0.4, -0.2) is 18.9 Å². The summed E-state index contributed by atoms with van der Waals surface area (Å²) in [5.41, 5.74) is 2.66. The van der Waals surface area contributed by atoms with Gasteiger partial charge in [0.2, 0.25) is 0 Å². The first-order valence-corrected chi connectivity index (χ1v) is 8.83. The van der Waals surface area contributed by atoms with Gasteiger partial charge in [-0.15, -0.1) is 0 Å². The normalized spacial score (nSPS) is 15.4. The van der Waals surface area contributed by atoms with Gasteiger partial charge in [0.05, 0.1) is 0 Å². The van der Waals surface area contributed by atoms with Crippen LogP contribution in [0.1, 0.15) is 37.7 Å². The number of amidine groups is 1. The van der Waals surface area contributed by atoms with Gasteiger partial charge in [0.25, 0.3) is 0 Å². The fourth-order valence-corrected chi connectivity index (χ4v) is 3.16. The summed E-state index contributed by atoms with van der Waals surface area (Å²) in [5.74, 6) is 1.27. The number of anilines is 1. The highest BCUT2D eigenvalue weighted by molar-refractivity contribution is 5.97. The molecule has 0 N–H and O–H groups in total. The first-order valence-electron chi connectivity index (χ1n) is 8.83. The Kier molecular flexibility index (Phi) is 5.85. The van der Waals surface area contributed by atoms with Crippen molar-refractivity contribution in [2.75, 3.05) is 18.0 Å². The van der Waals surface area contributed by atoms with Gasteiger partial charge in [-0.25, -0.2) is 0 Å². The minimum atomic E-state index is 0.976. The maximum atomic E-state index is 4.91. The van der Waals surface area contributed by atoms with Gasteiger partial charge in [0.15, 0.2) is 0 Å². The van der Waals surface area contributed by atoms with Crippen LogP contribution in [0.25, 0.3) is 0 Å². The number of para-hydroxylation sites is 1. The number of hydrogen-bond acceptors (Lipinski definition) is 2. The van der Waals surface area contributed by atoms with Crippen molar-refractivity contribution in [2.45, 2.75) is 38.5 Å². The zero-order valence-corrected chi connectivity index (χ0v) is 13.8. The lowest BCUT2D eigenvalue weighted by Crippen LogP contribution is -2.33. The Morgan fingerprint density at radius 3 is 2.26 bits per heavy atom. The second-order valence-electron chi connectivity index (χ2n) is 6.18. The predicted octanol–water partition coefficient (Wildman–Crippen LogP) is 5.10. The van der Waals surface area contributed by atoms with E-state index in [1.807, 2.05) is 0 Å². The van der Waals surface area contributed by atoms with E-state index in [0.717, 1.165) is 25.9 Å². The lowest BCUT2D eigenvalue weighted by molar-refractivity contribution is 0.638. The molecule has 0 radical (unpaired) electrons. The zero-order valence-electron chi connectivity index (χ0n) is 13.8. The molecule has 0 atom stereocenters. The number of nitrogens with zero attached hydrogens (tertiary/aromatic N) is 2. The molecule has 0 bridgehead atoms. The average molecular weight is 306 g/mol. The highest BCUT2D eigenvalue weighted by atomic mass is 15.2. The van der Waals surface area contributed by atoms with E-state index in [0.29, 0.717) is 0 Å². The lowest BCUT2D eigenvalue weighted by atomic mass is 10.1. The fourth-order valence-electron chi connectivity index (χ4n) is 3.16. The van der Waals surface area contributed by atoms with E-state index < -0.39 is 0 Å². The van der Waals surface area contributed by atoms with Crippen molar-refractivity contribution >= 4 is 11.5 Å². The summed E-state index contributed by atoms with van der Waals surface area (Å²) in [6.07, 6.45) is 7.29. The predicted molar refractivity (Wildman–Crippen MR) is 99.3 cm³/mol. The van der Waals surface area contributed by atoms with Crippen molar-refractivity contribution in [1.82, 2.24) is 0 Å². The summed E-state index contributed by atoms with van der Waals surface area (Å²) in [5, 5.41) is 0. The molecule has 0 saturated carbocycles. The molecule has 2 aromatic rings. The van der Waals surface area contributed by atoms with E-state index >= 15 is 0 Å². The Labute approximate surface area is 139 Å². The van der Waals surface area contributed by atoms with Crippen LogP contribution in [0.4, 0.5) is 5.69 Å². The van der Waals surface area contributed by atoms with E-state index in [-0.39, 0.29) is 0 Å². The summed E-state index contributed by atoms with van der Waals surface area (Å²) in [6.45, 7) is 1.97. The Balaban J connectivity index is 1.78. The molecule has 3 rings (SSSR count). The molecule has 0 spiro atoms. The molecule has 0 aromatic heterocycles. The molecule has 1 aliphatic heterocycles. The van der Waals surface area contributed by atoms with Gasteiger partial charge in [0, 0.05) is 25.2 Å². The minimum absolute atomic E-state index is 0.976. The van der Waals surface area contributed by atoms with Crippen LogP contribution in [0.15, 0.2) is 65.7 Å². The standard InChI is InChI=1S/C21H26N2/c1-2-10-17-22-21(15-9-1)23(20-13-7-4-8-14-20)18-16-19-11-5-3-6-12-19/h3-8,11-14H,1-2,9-10,15-18H2. The molecule has 0 saturated heterocycles. The van der Waals surface area contributed by atoms with Gasteiger partial charge < -0.3 is 4.90 Å². The molecule has 120 valence electrons. The van der Waals surface area contributed by atoms with Gasteiger partial charge in [-0.3, -0.25) is 4.99 Å². The Morgan fingerprint density at radius 2 is 1.48 bits per heavy atom. The van der Waals surface area contributed by atoms with E-state index in [4.69, 9.17) is 4.99 Å². The maximum Gasteiger partial charge on any atom is 0.103 e. The van der Waals surface area contributed by atoms with Crippen LogP contribution in [0, 0.1) is 0 Å². The maximum absolute atomic E-state index is 4.91. The van der Waals surface area contributed by atoms with Crippen LogP contribution in [-0.2, 0) is 6.42 Å². The van der Waals surface area contributed by atoms with E-state index in [2.05, 4.69) is 65.6 Å². The zero-order chi connectivity index (χ0) is 15.7. The molecule has 0 amide bonds. The topological polar surface area (TPSA) is 15.6 Å². The van der Waals surface area contributed by atoms with Crippen molar-refractivity contribution in [3.8, 4) is 0 Å². The Bertz CT molecular complexity index is 604. The van der Waals surface area contributed by atoms with Crippen LogP contribution >= 0.6 is 0 Å². The van der Waals surface area contributed by atoms with E-state index in [1.54, 1.807) is 0 Å². The SMILES string of the molecule is c1ccc(CCN(C2=NCCCCCC2)c2ccccc2)cc1. The quantitative estimate of drug-likeness (QED) is 0.767. The number of rotatable bonds is 4. The second-order valence-corrected chi connectivity index (χ2v) is 6.18. The van der Waals surface area contributed by atoms with Crippen LogP contribution in [0.2, 0.25) is 0 Å². The van der Waals surface area contributed by atoms with Crippen LogP contribution in [0.5, 0.6) is 0 Å². The third kappa shape index (κ3) is 4.69. The van der Waals surface area contributed by atoms with Crippen LogP contribution in [0.3, 0.4) is 0 Å². The van der Waals surface area contributed by atoms with Crippen molar-refractivity contribution in [1.29, 1.82) is 0 Å². The first kappa shape index (κ1) is 15.8. The molecule has 0 fully saturated rings. The molecule has 0 aliphatic carbocycles. The van der Waals surface area contributed by atoms with Gasteiger partial charge >= 0.3 is 0 Å². The summed E-state index contributed by atoms with van der Waals surface area (Å²) in [6, 6.07) is 21.5. The molecule has 1 heterocycles. The molecule has 2 nitrogen and oxygen atoms in total. The summed E-state index contributed by atoms with van der Waals surface area (Å²) < 4.78 is 0. The van der Waals surface area contributed by atoms with E-state index in [9.17, 15) is 0 Å². The number of hydrogen-bond donors (Lipinski definition) is 0. The molecular formula is C21H26N2. The van der Waals surface area contributed by atoms with Gasteiger partial charge in [-0.05, 0) is 37.0 Å². The Hall–Kier alpha value is -2.09. The van der Waals surface area contributed by atoms with Crippen molar-refractivity contribution in [3.05, 3.63) is 66.2 Å². The Morgan fingerprint density at radius 1 is 0.783 bits per heavy atom. The summed E-state index contributed by atoms with van der Waals surface area (Å²) in [7, 11) is 0. The summed E-state index contributed by atoms with van der Waals surface area (Å²) >= 11 is 0. The first-order chi connectivity index (χ1) is 11.4. The fraction of sp³-hybridized carbons (Fsp3) is 0.381. The van der Waals surface area contributed by atoms with Gasteiger partial charge in [-0.2, -0.15) is 0 Å². The highest BCUT2D eigenvalue weighted by Crippen LogP contribution is 2.19. The largest absolute Gasteiger partial charge is 0.330 e. The molecule has 23 heavy (non-hydrogen) atoms. The van der Waals surface area contributed by atoms with Crippen molar-refractivity contribution in [3.63, 3.8) is 0 Å². The minimum Gasteiger partial charge on any atom is -0.330 e.